The number of ether oxygens (including phenoxy) is 3. The zero-order valence-corrected chi connectivity index (χ0v) is 51.5. The number of esters is 3. The summed E-state index contributed by atoms with van der Waals surface area (Å²) in [7, 11) is 0. The SMILES string of the molecule is CC/C=C\C/C=C\C/C=C\C/C=C\C/C=C\CCCCCCCCCCCCCCCC(=O)OCC(COC(=O)CCCCCCCC)OC(=O)CCCCCCCCCCCCCCCCCCCCCCCCCC. The lowest BCUT2D eigenvalue weighted by Crippen LogP contribution is -2.30. The molecule has 6 nitrogen and oxygen atoms in total. The highest BCUT2D eigenvalue weighted by Crippen LogP contribution is 2.18. The summed E-state index contributed by atoms with van der Waals surface area (Å²) in [5.74, 6) is -0.860. The second-order valence-corrected chi connectivity index (χ2v) is 22.7. The van der Waals surface area contributed by atoms with E-state index < -0.39 is 6.10 Å². The number of carbonyl (C=O) groups is 3. The van der Waals surface area contributed by atoms with Gasteiger partial charge in [0.05, 0.1) is 0 Å². The van der Waals surface area contributed by atoms with E-state index in [4.69, 9.17) is 14.2 Å². The molecule has 0 N–H and O–H groups in total. The van der Waals surface area contributed by atoms with E-state index in [0.29, 0.717) is 19.3 Å². The number of hydrogen-bond donors (Lipinski definition) is 0. The van der Waals surface area contributed by atoms with Crippen molar-refractivity contribution >= 4 is 17.9 Å². The smallest absolute Gasteiger partial charge is 0.306 e. The Morgan fingerprint density at radius 1 is 0.273 bits per heavy atom. The van der Waals surface area contributed by atoms with Gasteiger partial charge in [-0.2, -0.15) is 0 Å². The summed E-state index contributed by atoms with van der Waals surface area (Å²) in [5.41, 5.74) is 0. The fraction of sp³-hybridized carbons (Fsp3) is 0.817. The van der Waals surface area contributed by atoms with Gasteiger partial charge < -0.3 is 14.2 Å². The summed E-state index contributed by atoms with van der Waals surface area (Å²) in [6, 6.07) is 0. The minimum atomic E-state index is -0.769. The average Bonchev–Trinajstić information content (AvgIpc) is 3.43. The van der Waals surface area contributed by atoms with Crippen molar-refractivity contribution in [3.8, 4) is 0 Å². The van der Waals surface area contributed by atoms with Crippen molar-refractivity contribution in [1.82, 2.24) is 0 Å². The Bertz CT molecular complexity index is 1380. The van der Waals surface area contributed by atoms with Gasteiger partial charge in [-0.05, 0) is 64.2 Å². The molecule has 0 rings (SSSR count). The number of hydrogen-bond acceptors (Lipinski definition) is 6. The summed E-state index contributed by atoms with van der Waals surface area (Å²) >= 11 is 0. The van der Waals surface area contributed by atoms with Crippen molar-refractivity contribution in [1.29, 1.82) is 0 Å². The van der Waals surface area contributed by atoms with Gasteiger partial charge in [0, 0.05) is 19.3 Å². The first-order valence-electron chi connectivity index (χ1n) is 33.8. The van der Waals surface area contributed by atoms with Gasteiger partial charge in [0.25, 0.3) is 0 Å². The summed E-state index contributed by atoms with van der Waals surface area (Å²) in [6.07, 6.45) is 84.3. The monoisotopic (exact) mass is 1080 g/mol. The molecule has 0 aliphatic heterocycles. The minimum absolute atomic E-state index is 0.0699. The molecule has 0 radical (unpaired) electrons. The molecule has 448 valence electrons. The number of unbranched alkanes of at least 4 members (excludes halogenated alkanes) is 41. The third kappa shape index (κ3) is 63.8. The predicted octanol–water partition coefficient (Wildman–Crippen LogP) is 23.1. The Morgan fingerprint density at radius 3 is 0.792 bits per heavy atom. The highest BCUT2D eigenvalue weighted by atomic mass is 16.6. The maximum absolute atomic E-state index is 12.9. The lowest BCUT2D eigenvalue weighted by molar-refractivity contribution is -0.167. The zero-order chi connectivity index (χ0) is 55.7. The Hall–Kier alpha value is -2.89. The lowest BCUT2D eigenvalue weighted by atomic mass is 10.0. The van der Waals surface area contributed by atoms with Crippen LogP contribution in [0.4, 0.5) is 0 Å². The van der Waals surface area contributed by atoms with Crippen LogP contribution in [-0.4, -0.2) is 37.2 Å². The molecule has 0 bridgehead atoms. The maximum atomic E-state index is 12.9. The van der Waals surface area contributed by atoms with Gasteiger partial charge in [-0.3, -0.25) is 14.4 Å². The van der Waals surface area contributed by atoms with Gasteiger partial charge in [0.2, 0.25) is 0 Å². The molecule has 0 amide bonds. The molecule has 0 aromatic heterocycles. The molecule has 0 aliphatic carbocycles. The van der Waals surface area contributed by atoms with E-state index >= 15 is 0 Å². The van der Waals surface area contributed by atoms with Crippen LogP contribution in [0.3, 0.4) is 0 Å². The van der Waals surface area contributed by atoms with Gasteiger partial charge in [-0.1, -0.05) is 332 Å². The first-order valence-corrected chi connectivity index (χ1v) is 33.8. The van der Waals surface area contributed by atoms with E-state index in [1.165, 1.54) is 225 Å². The topological polar surface area (TPSA) is 78.9 Å². The fourth-order valence-corrected chi connectivity index (χ4v) is 10.0. The summed E-state index contributed by atoms with van der Waals surface area (Å²) < 4.78 is 16.8. The van der Waals surface area contributed by atoms with Crippen LogP contribution in [0, 0.1) is 0 Å². The van der Waals surface area contributed by atoms with Crippen molar-refractivity contribution in [2.75, 3.05) is 13.2 Å². The quantitative estimate of drug-likeness (QED) is 0.0261. The Balaban J connectivity index is 4.02. The fourth-order valence-electron chi connectivity index (χ4n) is 10.0. The summed E-state index contributed by atoms with van der Waals surface area (Å²) in [5, 5.41) is 0. The van der Waals surface area contributed by atoms with E-state index in [1.807, 2.05) is 0 Å². The highest BCUT2D eigenvalue weighted by molar-refractivity contribution is 5.71. The van der Waals surface area contributed by atoms with Crippen molar-refractivity contribution in [2.45, 2.75) is 361 Å². The highest BCUT2D eigenvalue weighted by Gasteiger charge is 2.19. The molecule has 77 heavy (non-hydrogen) atoms. The molecule has 0 fully saturated rings. The molecule has 6 heteroatoms. The van der Waals surface area contributed by atoms with Gasteiger partial charge in [0.1, 0.15) is 13.2 Å². The van der Waals surface area contributed by atoms with Crippen LogP contribution in [-0.2, 0) is 28.6 Å². The van der Waals surface area contributed by atoms with Crippen molar-refractivity contribution < 1.29 is 28.6 Å². The van der Waals surface area contributed by atoms with Gasteiger partial charge in [0.15, 0.2) is 6.10 Å². The maximum Gasteiger partial charge on any atom is 0.306 e. The van der Waals surface area contributed by atoms with Gasteiger partial charge >= 0.3 is 17.9 Å². The number of rotatable bonds is 62. The second-order valence-electron chi connectivity index (χ2n) is 22.7. The van der Waals surface area contributed by atoms with Crippen LogP contribution in [0.1, 0.15) is 355 Å². The van der Waals surface area contributed by atoms with Crippen molar-refractivity contribution in [3.63, 3.8) is 0 Å². The van der Waals surface area contributed by atoms with E-state index in [2.05, 4.69) is 81.5 Å². The van der Waals surface area contributed by atoms with Crippen LogP contribution >= 0.6 is 0 Å². The number of allylic oxidation sites excluding steroid dienone is 10. The third-order valence-electron chi connectivity index (χ3n) is 15.0. The minimum Gasteiger partial charge on any atom is -0.462 e. The van der Waals surface area contributed by atoms with Crippen LogP contribution in [0.2, 0.25) is 0 Å². The summed E-state index contributed by atoms with van der Waals surface area (Å²) in [6.45, 7) is 6.52. The molecule has 0 heterocycles. The first kappa shape index (κ1) is 74.1. The Kier molecular flexibility index (Phi) is 63.2. The van der Waals surface area contributed by atoms with E-state index in [0.717, 1.165) is 89.9 Å². The standard InChI is InChI=1S/C71H128O6/c1-4-7-10-13-16-18-20-22-24-26-28-30-32-34-35-36-37-38-40-41-43-45-47-49-51-53-55-58-61-64-70(73)76-67-68(66-75-69(72)63-60-57-15-12-9-6-3)77-71(74)65-62-59-56-54-52-50-48-46-44-42-39-33-31-29-27-25-23-21-19-17-14-11-8-5-2/h7,10,16,18,22,24,28,30,34-35,68H,4-6,8-9,11-15,17,19-21,23,25-27,29,31-33,36-67H2,1-3H3/b10-7-,18-16-,24-22-,30-28-,35-34-. The Labute approximate surface area is 479 Å². The average molecular weight is 1080 g/mol. The van der Waals surface area contributed by atoms with E-state index in [9.17, 15) is 14.4 Å². The second kappa shape index (κ2) is 65.6. The van der Waals surface area contributed by atoms with Gasteiger partial charge in [-0.25, -0.2) is 0 Å². The van der Waals surface area contributed by atoms with E-state index in [1.54, 1.807) is 0 Å². The molecule has 0 aromatic carbocycles. The molecule has 0 aromatic rings. The Morgan fingerprint density at radius 2 is 0.506 bits per heavy atom. The van der Waals surface area contributed by atoms with Crippen LogP contribution in [0.15, 0.2) is 60.8 Å². The molecule has 1 unspecified atom stereocenters. The van der Waals surface area contributed by atoms with E-state index in [-0.39, 0.29) is 31.1 Å². The normalized spacial score (nSPS) is 12.4. The molecule has 0 aliphatic rings. The van der Waals surface area contributed by atoms with Crippen LogP contribution in [0.25, 0.3) is 0 Å². The zero-order valence-electron chi connectivity index (χ0n) is 51.5. The first-order chi connectivity index (χ1) is 38.0. The van der Waals surface area contributed by atoms with Crippen LogP contribution in [0.5, 0.6) is 0 Å². The molecule has 0 saturated heterocycles. The molecule has 0 spiro atoms. The molecule has 0 saturated carbocycles. The predicted molar refractivity (Wildman–Crippen MR) is 335 cm³/mol. The summed E-state index contributed by atoms with van der Waals surface area (Å²) in [4.78, 5) is 38.1. The van der Waals surface area contributed by atoms with Crippen molar-refractivity contribution in [3.05, 3.63) is 60.8 Å². The largest absolute Gasteiger partial charge is 0.462 e. The number of carbonyl (C=O) groups excluding carboxylic acids is 3. The molecular weight excluding hydrogens is 949 g/mol. The third-order valence-corrected chi connectivity index (χ3v) is 15.0. The van der Waals surface area contributed by atoms with Crippen molar-refractivity contribution in [2.24, 2.45) is 0 Å². The lowest BCUT2D eigenvalue weighted by Gasteiger charge is -2.18. The van der Waals surface area contributed by atoms with Crippen LogP contribution < -0.4 is 0 Å². The molecular formula is C71H128O6. The molecule has 1 atom stereocenters. The van der Waals surface area contributed by atoms with Gasteiger partial charge in [-0.15, -0.1) is 0 Å².